The highest BCUT2D eigenvalue weighted by Gasteiger charge is 2.36. The van der Waals surface area contributed by atoms with Gasteiger partial charge in [0.1, 0.15) is 0 Å². The molecule has 1 aromatic rings. The Hall–Kier alpha value is -1.64. The molecule has 0 radical (unpaired) electrons. The first-order valence-electron chi connectivity index (χ1n) is 8.20. The molecule has 0 atom stereocenters. The fraction of sp³-hybridized carbons (Fsp3) is 0.500. The maximum Gasteiger partial charge on any atom is 0.255 e. The normalized spacial score (nSPS) is 21.0. The van der Waals surface area contributed by atoms with Gasteiger partial charge in [0.15, 0.2) is 0 Å². The van der Waals surface area contributed by atoms with Gasteiger partial charge in [0.2, 0.25) is 15.9 Å². The molecule has 0 aromatic heterocycles. The number of carbonyl (C=O) groups is 2. The summed E-state index contributed by atoms with van der Waals surface area (Å²) in [6.45, 7) is 5.93. The third-order valence-corrected chi connectivity index (χ3v) is 6.61. The molecular formula is C16H20ClN3O4S. The predicted molar refractivity (Wildman–Crippen MR) is 95.4 cm³/mol. The van der Waals surface area contributed by atoms with Gasteiger partial charge in [-0.05, 0) is 24.7 Å². The number of piperazine rings is 1. The number of hydrogen-bond acceptors (Lipinski definition) is 5. The SMILES string of the molecule is CCN1CCN(C(=O)c2ccc(N3C(=O)CCS3(=O)=O)cc2Cl)CC1. The van der Waals surface area contributed by atoms with Crippen molar-refractivity contribution in [3.05, 3.63) is 28.8 Å². The highest BCUT2D eigenvalue weighted by atomic mass is 35.5. The summed E-state index contributed by atoms with van der Waals surface area (Å²) < 4.78 is 24.8. The number of amides is 2. The molecule has 2 fully saturated rings. The van der Waals surface area contributed by atoms with Crippen LogP contribution in [0.25, 0.3) is 0 Å². The Kier molecular flexibility index (Phi) is 5.04. The van der Waals surface area contributed by atoms with Crippen LogP contribution in [0.1, 0.15) is 23.7 Å². The molecule has 25 heavy (non-hydrogen) atoms. The van der Waals surface area contributed by atoms with Crippen molar-refractivity contribution in [2.45, 2.75) is 13.3 Å². The van der Waals surface area contributed by atoms with Crippen LogP contribution in [-0.2, 0) is 14.8 Å². The van der Waals surface area contributed by atoms with Crippen LogP contribution in [-0.4, -0.2) is 68.5 Å². The molecule has 2 amide bonds. The van der Waals surface area contributed by atoms with Gasteiger partial charge in [-0.2, -0.15) is 0 Å². The van der Waals surface area contributed by atoms with E-state index in [9.17, 15) is 18.0 Å². The Balaban J connectivity index is 1.81. The summed E-state index contributed by atoms with van der Waals surface area (Å²) in [5.41, 5.74) is 0.499. The zero-order valence-electron chi connectivity index (χ0n) is 13.9. The Morgan fingerprint density at radius 2 is 1.88 bits per heavy atom. The maximum atomic E-state index is 12.7. The lowest BCUT2D eigenvalue weighted by Crippen LogP contribution is -2.48. The number of sulfonamides is 1. The number of carbonyl (C=O) groups excluding carboxylic acids is 2. The van der Waals surface area contributed by atoms with Crippen molar-refractivity contribution in [1.29, 1.82) is 0 Å². The topological polar surface area (TPSA) is 78.0 Å². The Morgan fingerprint density at radius 1 is 1.20 bits per heavy atom. The van der Waals surface area contributed by atoms with Gasteiger partial charge >= 0.3 is 0 Å². The number of benzene rings is 1. The highest BCUT2D eigenvalue weighted by Crippen LogP contribution is 2.30. The van der Waals surface area contributed by atoms with Crippen LogP contribution in [0.4, 0.5) is 5.69 Å². The van der Waals surface area contributed by atoms with Gasteiger partial charge in [-0.3, -0.25) is 9.59 Å². The van der Waals surface area contributed by atoms with Gasteiger partial charge in [0.05, 0.1) is 22.0 Å². The number of hydrogen-bond donors (Lipinski definition) is 0. The molecule has 9 heteroatoms. The Morgan fingerprint density at radius 3 is 2.40 bits per heavy atom. The van der Waals surface area contributed by atoms with E-state index in [1.165, 1.54) is 18.2 Å². The zero-order chi connectivity index (χ0) is 18.2. The summed E-state index contributed by atoms with van der Waals surface area (Å²) in [6, 6.07) is 4.33. The van der Waals surface area contributed by atoms with E-state index in [0.717, 1.165) is 23.9 Å². The lowest BCUT2D eigenvalue weighted by Gasteiger charge is -2.34. The first-order valence-corrected chi connectivity index (χ1v) is 10.2. The predicted octanol–water partition coefficient (Wildman–Crippen LogP) is 1.18. The van der Waals surface area contributed by atoms with Gasteiger partial charge in [0.25, 0.3) is 5.91 Å². The standard InChI is InChI=1S/C16H20ClN3O4S/c1-2-18-6-8-19(9-7-18)16(22)13-4-3-12(11-14(13)17)20-15(21)5-10-25(20,23)24/h3-4,11H,2,5-10H2,1H3. The largest absolute Gasteiger partial charge is 0.336 e. The third kappa shape index (κ3) is 3.51. The summed E-state index contributed by atoms with van der Waals surface area (Å²) in [4.78, 5) is 28.5. The first kappa shape index (κ1) is 18.2. The van der Waals surface area contributed by atoms with Gasteiger partial charge in [0, 0.05) is 32.6 Å². The average molecular weight is 386 g/mol. The van der Waals surface area contributed by atoms with E-state index in [4.69, 9.17) is 11.6 Å². The second-order valence-corrected chi connectivity index (χ2v) is 8.46. The van der Waals surface area contributed by atoms with Gasteiger partial charge in [-0.1, -0.05) is 18.5 Å². The fourth-order valence-corrected chi connectivity index (χ4v) is 4.82. The minimum absolute atomic E-state index is 0.0393. The molecule has 2 heterocycles. The number of nitrogens with zero attached hydrogens (tertiary/aromatic N) is 3. The smallest absolute Gasteiger partial charge is 0.255 e. The second-order valence-electron chi connectivity index (χ2n) is 6.11. The quantitative estimate of drug-likeness (QED) is 0.780. The summed E-state index contributed by atoms with van der Waals surface area (Å²) >= 11 is 6.23. The van der Waals surface area contributed by atoms with Gasteiger partial charge in [-0.15, -0.1) is 0 Å². The molecule has 0 aliphatic carbocycles. The van der Waals surface area contributed by atoms with Crippen molar-refractivity contribution in [3.63, 3.8) is 0 Å². The second kappa shape index (κ2) is 6.93. The summed E-state index contributed by atoms with van der Waals surface area (Å²) in [5.74, 6) is -0.861. The monoisotopic (exact) mass is 385 g/mol. The third-order valence-electron chi connectivity index (χ3n) is 4.60. The minimum atomic E-state index is -3.64. The molecule has 136 valence electrons. The number of anilines is 1. The van der Waals surface area contributed by atoms with Crippen molar-refractivity contribution < 1.29 is 18.0 Å². The molecule has 0 unspecified atom stereocenters. The van der Waals surface area contributed by atoms with Crippen LogP contribution in [0.5, 0.6) is 0 Å². The van der Waals surface area contributed by atoms with Crippen LogP contribution < -0.4 is 4.31 Å². The molecular weight excluding hydrogens is 366 g/mol. The lowest BCUT2D eigenvalue weighted by atomic mass is 10.1. The van der Waals surface area contributed by atoms with Crippen LogP contribution in [0, 0.1) is 0 Å². The number of halogens is 1. The molecule has 7 nitrogen and oxygen atoms in total. The first-order chi connectivity index (χ1) is 11.8. The van der Waals surface area contributed by atoms with Crippen molar-refractivity contribution in [2.24, 2.45) is 0 Å². The fourth-order valence-electron chi connectivity index (χ4n) is 3.11. The molecule has 3 rings (SSSR count). The lowest BCUT2D eigenvalue weighted by molar-refractivity contribution is -0.116. The number of likely N-dealkylation sites (N-methyl/N-ethyl adjacent to an activating group) is 1. The molecule has 1 aromatic carbocycles. The summed E-state index contributed by atoms with van der Waals surface area (Å²) in [5, 5.41) is 0.148. The summed E-state index contributed by atoms with van der Waals surface area (Å²) in [7, 11) is -3.64. The van der Waals surface area contributed by atoms with Crippen LogP contribution >= 0.6 is 11.6 Å². The molecule has 0 N–H and O–H groups in total. The number of rotatable bonds is 3. The Bertz CT molecular complexity index is 804. The average Bonchev–Trinajstić information content (AvgIpc) is 2.87. The molecule has 2 saturated heterocycles. The van der Waals surface area contributed by atoms with Gasteiger partial charge < -0.3 is 9.80 Å². The van der Waals surface area contributed by atoms with Crippen LogP contribution in [0.3, 0.4) is 0 Å². The van der Waals surface area contributed by atoms with Crippen molar-refractivity contribution in [3.8, 4) is 0 Å². The van der Waals surface area contributed by atoms with Crippen LogP contribution in [0.2, 0.25) is 5.02 Å². The van der Waals surface area contributed by atoms with E-state index in [2.05, 4.69) is 11.8 Å². The van der Waals surface area contributed by atoms with Gasteiger partial charge in [-0.25, -0.2) is 12.7 Å². The maximum absolute atomic E-state index is 12.7. The van der Waals surface area contributed by atoms with E-state index in [-0.39, 0.29) is 28.8 Å². The van der Waals surface area contributed by atoms with E-state index >= 15 is 0 Å². The van der Waals surface area contributed by atoms with Crippen LogP contribution in [0.15, 0.2) is 18.2 Å². The zero-order valence-corrected chi connectivity index (χ0v) is 15.5. The van der Waals surface area contributed by atoms with E-state index < -0.39 is 15.9 Å². The summed E-state index contributed by atoms with van der Waals surface area (Å²) in [6.07, 6.45) is -0.0393. The molecule has 2 aliphatic rings. The molecule has 2 aliphatic heterocycles. The van der Waals surface area contributed by atoms with Crippen molar-refractivity contribution in [2.75, 3.05) is 42.8 Å². The van der Waals surface area contributed by atoms with Crippen molar-refractivity contribution in [1.82, 2.24) is 9.80 Å². The Labute approximate surface area is 152 Å². The molecule has 0 saturated carbocycles. The van der Waals surface area contributed by atoms with Crippen molar-refractivity contribution >= 4 is 39.1 Å². The minimum Gasteiger partial charge on any atom is -0.336 e. The highest BCUT2D eigenvalue weighted by molar-refractivity contribution is 7.94. The molecule has 0 bridgehead atoms. The van der Waals surface area contributed by atoms with E-state index in [1.807, 2.05) is 0 Å². The molecule has 0 spiro atoms. The van der Waals surface area contributed by atoms with E-state index in [0.29, 0.717) is 18.7 Å². The van der Waals surface area contributed by atoms with E-state index in [1.54, 1.807) is 4.90 Å².